The average molecular weight is 341 g/mol. The molecule has 5 nitrogen and oxygen atoms in total. The Bertz CT molecular complexity index is 784. The minimum absolute atomic E-state index is 0.0792. The van der Waals surface area contributed by atoms with Gasteiger partial charge in [-0.2, -0.15) is 5.26 Å². The lowest BCUT2D eigenvalue weighted by Gasteiger charge is -2.11. The topological polar surface area (TPSA) is 74.2 Å². The van der Waals surface area contributed by atoms with Gasteiger partial charge in [0.05, 0.1) is 11.6 Å². The summed E-state index contributed by atoms with van der Waals surface area (Å²) in [6.07, 6.45) is 0. The third kappa shape index (κ3) is 5.81. The van der Waals surface area contributed by atoms with Crippen LogP contribution in [0, 0.1) is 23.1 Å². The van der Waals surface area contributed by atoms with Crippen molar-refractivity contribution in [2.45, 2.75) is 20.5 Å². The molecule has 0 saturated carbocycles. The number of carbonyl (C=O) groups is 1. The Balaban J connectivity index is 1.95. The zero-order valence-corrected chi connectivity index (χ0v) is 14.2. The second-order valence-electron chi connectivity index (χ2n) is 5.97. The molecular formula is C19H20FN3O2. The maximum Gasteiger partial charge on any atom is 0.319 e. The molecule has 0 spiro atoms. The van der Waals surface area contributed by atoms with E-state index in [1.807, 2.05) is 19.9 Å². The zero-order valence-electron chi connectivity index (χ0n) is 14.2. The van der Waals surface area contributed by atoms with Crippen LogP contribution in [0.2, 0.25) is 0 Å². The standard InChI is InChI=1S/C19H20FN3O2/c1-13(2)11-22-19(24)23-16-6-7-18(17(20)9-16)25-12-15-5-3-4-14(8-15)10-21/h3-9,13H,11-12H2,1-2H3,(H2,22,23,24). The van der Waals surface area contributed by atoms with Crippen molar-refractivity contribution in [1.29, 1.82) is 5.26 Å². The van der Waals surface area contributed by atoms with E-state index in [9.17, 15) is 9.18 Å². The molecule has 0 aromatic heterocycles. The molecule has 2 aromatic rings. The Hall–Kier alpha value is -3.07. The maximum atomic E-state index is 14.1. The van der Waals surface area contributed by atoms with Crippen molar-refractivity contribution in [3.8, 4) is 11.8 Å². The van der Waals surface area contributed by atoms with Gasteiger partial charge in [0.25, 0.3) is 0 Å². The molecule has 0 unspecified atom stereocenters. The number of nitriles is 1. The largest absolute Gasteiger partial charge is 0.486 e. The minimum atomic E-state index is -0.571. The van der Waals surface area contributed by atoms with E-state index < -0.39 is 5.82 Å². The SMILES string of the molecule is CC(C)CNC(=O)Nc1ccc(OCc2cccc(C#N)c2)c(F)c1. The van der Waals surface area contributed by atoms with Gasteiger partial charge in [-0.25, -0.2) is 9.18 Å². The Labute approximate surface area is 146 Å². The van der Waals surface area contributed by atoms with Crippen LogP contribution in [-0.2, 0) is 6.61 Å². The molecule has 0 heterocycles. The predicted molar refractivity (Wildman–Crippen MR) is 93.7 cm³/mol. The van der Waals surface area contributed by atoms with Crippen LogP contribution in [0.25, 0.3) is 0 Å². The molecule has 6 heteroatoms. The number of carbonyl (C=O) groups excluding carboxylic acids is 1. The van der Waals surface area contributed by atoms with Gasteiger partial charge in [0.15, 0.2) is 11.6 Å². The minimum Gasteiger partial charge on any atom is -0.486 e. The first-order chi connectivity index (χ1) is 12.0. The van der Waals surface area contributed by atoms with E-state index >= 15 is 0 Å². The van der Waals surface area contributed by atoms with Crippen LogP contribution < -0.4 is 15.4 Å². The number of benzene rings is 2. The number of amides is 2. The molecule has 0 bridgehead atoms. The van der Waals surface area contributed by atoms with Gasteiger partial charge in [-0.05, 0) is 35.7 Å². The van der Waals surface area contributed by atoms with E-state index in [2.05, 4.69) is 10.6 Å². The van der Waals surface area contributed by atoms with E-state index in [4.69, 9.17) is 10.00 Å². The fraction of sp³-hybridized carbons (Fsp3) is 0.263. The van der Waals surface area contributed by atoms with Crippen molar-refractivity contribution in [3.05, 3.63) is 59.4 Å². The summed E-state index contributed by atoms with van der Waals surface area (Å²) in [7, 11) is 0. The average Bonchev–Trinajstić information content (AvgIpc) is 2.59. The van der Waals surface area contributed by atoms with E-state index in [-0.39, 0.29) is 18.4 Å². The van der Waals surface area contributed by atoms with Crippen molar-refractivity contribution in [3.63, 3.8) is 0 Å². The van der Waals surface area contributed by atoms with Crippen LogP contribution in [0.1, 0.15) is 25.0 Å². The van der Waals surface area contributed by atoms with Gasteiger partial charge in [0.2, 0.25) is 0 Å². The maximum absolute atomic E-state index is 14.1. The van der Waals surface area contributed by atoms with Crippen LogP contribution in [0.5, 0.6) is 5.75 Å². The summed E-state index contributed by atoms with van der Waals surface area (Å²) in [6.45, 7) is 4.65. The van der Waals surface area contributed by atoms with Crippen molar-refractivity contribution in [1.82, 2.24) is 5.32 Å². The first kappa shape index (κ1) is 18.3. The first-order valence-electron chi connectivity index (χ1n) is 7.94. The second-order valence-corrected chi connectivity index (χ2v) is 5.97. The molecule has 0 fully saturated rings. The summed E-state index contributed by atoms with van der Waals surface area (Å²) >= 11 is 0. The Kier molecular flexibility index (Phi) is 6.35. The number of anilines is 1. The zero-order chi connectivity index (χ0) is 18.2. The Morgan fingerprint density at radius 1 is 1.28 bits per heavy atom. The van der Waals surface area contributed by atoms with E-state index in [1.54, 1.807) is 30.3 Å². The smallest absolute Gasteiger partial charge is 0.319 e. The van der Waals surface area contributed by atoms with Crippen LogP contribution >= 0.6 is 0 Å². The normalized spacial score (nSPS) is 10.2. The van der Waals surface area contributed by atoms with Gasteiger partial charge in [-0.15, -0.1) is 0 Å². The van der Waals surface area contributed by atoms with Crippen LogP contribution in [0.4, 0.5) is 14.9 Å². The van der Waals surface area contributed by atoms with Gasteiger partial charge in [-0.3, -0.25) is 0 Å². The highest BCUT2D eigenvalue weighted by atomic mass is 19.1. The molecule has 0 aliphatic heterocycles. The fourth-order valence-corrected chi connectivity index (χ4v) is 2.06. The molecule has 0 aliphatic rings. The molecule has 2 aromatic carbocycles. The number of halogens is 1. The Morgan fingerprint density at radius 2 is 2.08 bits per heavy atom. The number of hydrogen-bond acceptors (Lipinski definition) is 3. The molecule has 0 atom stereocenters. The number of urea groups is 1. The highest BCUT2D eigenvalue weighted by molar-refractivity contribution is 5.89. The monoisotopic (exact) mass is 341 g/mol. The number of ether oxygens (including phenoxy) is 1. The van der Waals surface area contributed by atoms with Crippen LogP contribution in [0.3, 0.4) is 0 Å². The van der Waals surface area contributed by atoms with Crippen molar-refractivity contribution >= 4 is 11.7 Å². The first-order valence-corrected chi connectivity index (χ1v) is 7.94. The fourth-order valence-electron chi connectivity index (χ4n) is 2.06. The lowest BCUT2D eigenvalue weighted by molar-refractivity contribution is 0.251. The summed E-state index contributed by atoms with van der Waals surface area (Å²) in [5, 5.41) is 14.1. The molecule has 2 rings (SSSR count). The highest BCUT2D eigenvalue weighted by Gasteiger charge is 2.08. The van der Waals surface area contributed by atoms with E-state index in [0.717, 1.165) is 5.56 Å². The summed E-state index contributed by atoms with van der Waals surface area (Å²) < 4.78 is 19.6. The van der Waals surface area contributed by atoms with Gasteiger partial charge in [0, 0.05) is 18.3 Å². The third-order valence-corrected chi connectivity index (χ3v) is 3.31. The molecule has 2 amide bonds. The summed E-state index contributed by atoms with van der Waals surface area (Å²) in [6, 6.07) is 12.8. The number of nitrogens with zero attached hydrogens (tertiary/aromatic N) is 1. The number of nitrogens with one attached hydrogen (secondary N) is 2. The molecular weight excluding hydrogens is 321 g/mol. The quantitative estimate of drug-likeness (QED) is 0.832. The van der Waals surface area contributed by atoms with Crippen molar-refractivity contribution < 1.29 is 13.9 Å². The highest BCUT2D eigenvalue weighted by Crippen LogP contribution is 2.22. The lowest BCUT2D eigenvalue weighted by atomic mass is 10.1. The molecule has 0 radical (unpaired) electrons. The lowest BCUT2D eigenvalue weighted by Crippen LogP contribution is -2.31. The molecule has 2 N–H and O–H groups in total. The van der Waals surface area contributed by atoms with Gasteiger partial charge in [-0.1, -0.05) is 26.0 Å². The van der Waals surface area contributed by atoms with Gasteiger partial charge < -0.3 is 15.4 Å². The van der Waals surface area contributed by atoms with E-state index in [1.165, 1.54) is 12.1 Å². The van der Waals surface area contributed by atoms with Crippen LogP contribution in [-0.4, -0.2) is 12.6 Å². The predicted octanol–water partition coefficient (Wildman–Crippen LogP) is 4.05. The molecule has 0 saturated heterocycles. The molecule has 130 valence electrons. The van der Waals surface area contributed by atoms with Crippen molar-refractivity contribution in [2.75, 3.05) is 11.9 Å². The van der Waals surface area contributed by atoms with Crippen molar-refractivity contribution in [2.24, 2.45) is 5.92 Å². The third-order valence-electron chi connectivity index (χ3n) is 3.31. The number of rotatable bonds is 6. The van der Waals surface area contributed by atoms with Gasteiger partial charge in [0.1, 0.15) is 6.61 Å². The molecule has 25 heavy (non-hydrogen) atoms. The summed E-state index contributed by atoms with van der Waals surface area (Å²) in [4.78, 5) is 11.7. The molecule has 0 aliphatic carbocycles. The summed E-state index contributed by atoms with van der Waals surface area (Å²) in [5.41, 5.74) is 1.64. The van der Waals surface area contributed by atoms with Gasteiger partial charge >= 0.3 is 6.03 Å². The summed E-state index contributed by atoms with van der Waals surface area (Å²) in [5.74, 6) is -0.161. The van der Waals surface area contributed by atoms with Crippen LogP contribution in [0.15, 0.2) is 42.5 Å². The second kappa shape index (κ2) is 8.69. The number of hydrogen-bond donors (Lipinski definition) is 2. The Morgan fingerprint density at radius 3 is 2.76 bits per heavy atom. The van der Waals surface area contributed by atoms with E-state index in [0.29, 0.717) is 23.7 Å².